The van der Waals surface area contributed by atoms with E-state index in [0.29, 0.717) is 13.1 Å². The van der Waals surface area contributed by atoms with Crippen molar-refractivity contribution in [3.63, 3.8) is 0 Å². The van der Waals surface area contributed by atoms with Crippen LogP contribution < -0.4 is 5.32 Å². The van der Waals surface area contributed by atoms with Crippen molar-refractivity contribution in [2.75, 3.05) is 38.5 Å². The fourth-order valence-corrected chi connectivity index (χ4v) is 1.88. The number of hydrogen-bond acceptors (Lipinski definition) is 5. The van der Waals surface area contributed by atoms with Gasteiger partial charge in [-0.05, 0) is 6.92 Å². The number of amides is 1. The molecule has 0 unspecified atom stereocenters. The van der Waals surface area contributed by atoms with Crippen LogP contribution in [0.15, 0.2) is 12.4 Å². The predicted molar refractivity (Wildman–Crippen MR) is 69.1 cm³/mol. The number of piperazine rings is 1. The van der Waals surface area contributed by atoms with E-state index < -0.39 is 0 Å². The second kappa shape index (κ2) is 5.77. The second-order valence-corrected chi connectivity index (χ2v) is 4.45. The minimum Gasteiger partial charge on any atom is -0.369 e. The van der Waals surface area contributed by atoms with Crippen molar-refractivity contribution in [2.24, 2.45) is 0 Å². The van der Waals surface area contributed by atoms with Gasteiger partial charge in [-0.15, -0.1) is 0 Å². The maximum atomic E-state index is 11.6. The molecule has 18 heavy (non-hydrogen) atoms. The normalized spacial score (nSPS) is 17.0. The highest BCUT2D eigenvalue weighted by atomic mass is 16.2. The Morgan fingerprint density at radius 2 is 2.17 bits per heavy atom. The van der Waals surface area contributed by atoms with Crippen molar-refractivity contribution in [1.29, 1.82) is 0 Å². The van der Waals surface area contributed by atoms with Gasteiger partial charge in [0.25, 0.3) is 0 Å². The number of carbonyl (C=O) groups is 1. The molecule has 0 aliphatic carbocycles. The topological polar surface area (TPSA) is 61.4 Å². The molecule has 0 atom stereocenters. The van der Waals surface area contributed by atoms with Gasteiger partial charge in [0.15, 0.2) is 0 Å². The zero-order valence-electron chi connectivity index (χ0n) is 10.9. The van der Waals surface area contributed by atoms with Crippen LogP contribution in [0.4, 0.5) is 5.82 Å². The molecule has 1 aromatic rings. The third-order valence-electron chi connectivity index (χ3n) is 2.99. The third kappa shape index (κ3) is 3.16. The number of anilines is 1. The summed E-state index contributed by atoms with van der Waals surface area (Å²) >= 11 is 0. The summed E-state index contributed by atoms with van der Waals surface area (Å²) < 4.78 is 0. The van der Waals surface area contributed by atoms with Crippen LogP contribution in [0.25, 0.3) is 0 Å². The van der Waals surface area contributed by atoms with Crippen LogP contribution in [0.1, 0.15) is 12.6 Å². The number of hydrogen-bond donors (Lipinski definition) is 1. The molecule has 1 aromatic heterocycles. The zero-order chi connectivity index (χ0) is 13.0. The van der Waals surface area contributed by atoms with Gasteiger partial charge in [-0.2, -0.15) is 0 Å². The Balaban J connectivity index is 1.91. The van der Waals surface area contributed by atoms with Gasteiger partial charge in [-0.1, -0.05) is 0 Å². The standard InChI is InChI=1S/C12H19N5O/c1-3-13-11-7-14-10(6-15-11)8-17-5-4-16(2)12(18)9-17/h6-7H,3-5,8-9H2,1-2H3,(H,13,15). The Bertz CT molecular complexity index is 405. The van der Waals surface area contributed by atoms with Crippen LogP contribution in [0.2, 0.25) is 0 Å². The quantitative estimate of drug-likeness (QED) is 0.825. The smallest absolute Gasteiger partial charge is 0.236 e. The first-order valence-electron chi connectivity index (χ1n) is 6.20. The lowest BCUT2D eigenvalue weighted by atomic mass is 10.3. The molecule has 1 fully saturated rings. The first kappa shape index (κ1) is 12.8. The lowest BCUT2D eigenvalue weighted by Gasteiger charge is -2.31. The first-order chi connectivity index (χ1) is 8.69. The molecule has 1 aliphatic rings. The van der Waals surface area contributed by atoms with Crippen molar-refractivity contribution < 1.29 is 4.79 Å². The van der Waals surface area contributed by atoms with Crippen LogP contribution in [0.3, 0.4) is 0 Å². The van der Waals surface area contributed by atoms with E-state index in [4.69, 9.17) is 0 Å². The number of aromatic nitrogens is 2. The van der Waals surface area contributed by atoms with Crippen molar-refractivity contribution in [1.82, 2.24) is 19.8 Å². The Morgan fingerprint density at radius 1 is 1.33 bits per heavy atom. The molecule has 0 bridgehead atoms. The predicted octanol–water partition coefficient (Wildman–Crippen LogP) is 0.182. The molecule has 0 aromatic carbocycles. The summed E-state index contributed by atoms with van der Waals surface area (Å²) in [4.78, 5) is 24.0. The Labute approximate surface area is 107 Å². The number of carbonyl (C=O) groups excluding carboxylic acids is 1. The minimum absolute atomic E-state index is 0.165. The largest absolute Gasteiger partial charge is 0.369 e. The Hall–Kier alpha value is -1.69. The summed E-state index contributed by atoms with van der Waals surface area (Å²) in [5, 5.41) is 3.10. The fraction of sp³-hybridized carbons (Fsp3) is 0.583. The number of rotatable bonds is 4. The summed E-state index contributed by atoms with van der Waals surface area (Å²) in [6, 6.07) is 0. The number of nitrogens with zero attached hydrogens (tertiary/aromatic N) is 4. The molecule has 2 heterocycles. The van der Waals surface area contributed by atoms with Gasteiger partial charge in [0, 0.05) is 33.2 Å². The van der Waals surface area contributed by atoms with Crippen LogP contribution in [-0.4, -0.2) is 58.9 Å². The molecular formula is C12H19N5O. The second-order valence-electron chi connectivity index (χ2n) is 4.45. The molecule has 6 nitrogen and oxygen atoms in total. The highest BCUT2D eigenvalue weighted by Crippen LogP contribution is 2.07. The van der Waals surface area contributed by atoms with Gasteiger partial charge in [-0.3, -0.25) is 14.7 Å². The highest BCUT2D eigenvalue weighted by molar-refractivity contribution is 5.78. The Kier molecular flexibility index (Phi) is 4.09. The SMILES string of the molecule is CCNc1cnc(CN2CCN(C)C(=O)C2)cn1. The summed E-state index contributed by atoms with van der Waals surface area (Å²) in [7, 11) is 1.84. The summed E-state index contributed by atoms with van der Waals surface area (Å²) in [6.45, 7) is 5.67. The van der Waals surface area contributed by atoms with Gasteiger partial charge in [0.2, 0.25) is 5.91 Å². The van der Waals surface area contributed by atoms with E-state index >= 15 is 0 Å². The molecule has 0 spiro atoms. The van der Waals surface area contributed by atoms with Gasteiger partial charge >= 0.3 is 0 Å². The monoisotopic (exact) mass is 249 g/mol. The first-order valence-corrected chi connectivity index (χ1v) is 6.20. The van der Waals surface area contributed by atoms with Gasteiger partial charge < -0.3 is 10.2 Å². The number of likely N-dealkylation sites (N-methyl/N-ethyl adjacent to an activating group) is 1. The lowest BCUT2D eigenvalue weighted by molar-refractivity contribution is -0.134. The van der Waals surface area contributed by atoms with Crippen molar-refractivity contribution in [3.8, 4) is 0 Å². The van der Waals surface area contributed by atoms with E-state index in [2.05, 4.69) is 20.2 Å². The van der Waals surface area contributed by atoms with Crippen LogP contribution in [0, 0.1) is 0 Å². The molecular weight excluding hydrogens is 230 g/mol. The van der Waals surface area contributed by atoms with E-state index in [1.807, 2.05) is 14.0 Å². The molecule has 98 valence electrons. The van der Waals surface area contributed by atoms with Crippen molar-refractivity contribution >= 4 is 11.7 Å². The average Bonchev–Trinajstić information content (AvgIpc) is 2.37. The van der Waals surface area contributed by atoms with Crippen LogP contribution in [-0.2, 0) is 11.3 Å². The summed E-state index contributed by atoms with van der Waals surface area (Å²) in [5.74, 6) is 0.953. The molecule has 1 saturated heterocycles. The minimum atomic E-state index is 0.165. The molecule has 1 aliphatic heterocycles. The van der Waals surface area contributed by atoms with E-state index in [9.17, 15) is 4.79 Å². The Morgan fingerprint density at radius 3 is 2.78 bits per heavy atom. The van der Waals surface area contributed by atoms with E-state index in [1.54, 1.807) is 17.3 Å². The highest BCUT2D eigenvalue weighted by Gasteiger charge is 2.21. The molecule has 6 heteroatoms. The van der Waals surface area contributed by atoms with E-state index in [1.165, 1.54) is 0 Å². The third-order valence-corrected chi connectivity index (χ3v) is 2.99. The summed E-state index contributed by atoms with van der Waals surface area (Å²) in [6.07, 6.45) is 3.50. The molecule has 0 radical (unpaired) electrons. The maximum absolute atomic E-state index is 11.6. The maximum Gasteiger partial charge on any atom is 0.236 e. The molecule has 1 N–H and O–H groups in total. The van der Waals surface area contributed by atoms with Gasteiger partial charge in [-0.25, -0.2) is 4.98 Å². The van der Waals surface area contributed by atoms with Gasteiger partial charge in [0.1, 0.15) is 5.82 Å². The average molecular weight is 249 g/mol. The van der Waals surface area contributed by atoms with E-state index in [0.717, 1.165) is 31.1 Å². The molecule has 2 rings (SSSR count). The number of nitrogens with one attached hydrogen (secondary N) is 1. The van der Waals surface area contributed by atoms with Crippen molar-refractivity contribution in [3.05, 3.63) is 18.1 Å². The fourth-order valence-electron chi connectivity index (χ4n) is 1.88. The van der Waals surface area contributed by atoms with Crippen LogP contribution in [0.5, 0.6) is 0 Å². The van der Waals surface area contributed by atoms with E-state index in [-0.39, 0.29) is 5.91 Å². The zero-order valence-corrected chi connectivity index (χ0v) is 10.9. The molecule has 1 amide bonds. The molecule has 0 saturated carbocycles. The van der Waals surface area contributed by atoms with Gasteiger partial charge in [0.05, 0.1) is 24.6 Å². The summed E-state index contributed by atoms with van der Waals surface area (Å²) in [5.41, 5.74) is 0.897. The van der Waals surface area contributed by atoms with Crippen LogP contribution >= 0.6 is 0 Å². The lowest BCUT2D eigenvalue weighted by Crippen LogP contribution is -2.48. The van der Waals surface area contributed by atoms with Crippen molar-refractivity contribution in [2.45, 2.75) is 13.5 Å².